The second kappa shape index (κ2) is 11.2. The highest BCUT2D eigenvalue weighted by molar-refractivity contribution is 5.75. The van der Waals surface area contributed by atoms with E-state index in [0.29, 0.717) is 11.8 Å². The average Bonchev–Trinajstić information content (AvgIpc) is 2.44. The molecule has 0 aromatic heterocycles. The third kappa shape index (κ3) is 9.26. The van der Waals surface area contributed by atoms with Gasteiger partial charge in [0.25, 0.3) is 0 Å². The van der Waals surface area contributed by atoms with Gasteiger partial charge in [-0.15, -0.1) is 0 Å². The molecule has 0 aliphatic carbocycles. The van der Waals surface area contributed by atoms with Gasteiger partial charge >= 0.3 is 0 Å². The molecule has 0 unspecified atom stereocenters. The molecule has 1 saturated heterocycles. The molecule has 1 rings (SSSR count). The molecule has 3 nitrogen and oxygen atoms in total. The molecule has 0 spiro atoms. The quantitative estimate of drug-likeness (QED) is 0.567. The summed E-state index contributed by atoms with van der Waals surface area (Å²) in [5.74, 6) is 0.327. The first-order valence-corrected chi connectivity index (χ1v) is 9.03. The lowest BCUT2D eigenvalue weighted by atomic mass is 9.93. The molecule has 1 aliphatic rings. The number of unbranched alkanes of at least 4 members (excludes halogenated alkanes) is 7. The second-order valence-electron chi connectivity index (χ2n) is 6.87. The van der Waals surface area contributed by atoms with E-state index in [1.54, 1.807) is 6.92 Å². The summed E-state index contributed by atoms with van der Waals surface area (Å²) in [7, 11) is 0. The minimum absolute atomic E-state index is 0.149. The SMILES string of the molecule is CC(=O)CCCCCCCCCC[C@@H]1CC[C@H](O)[C@H](C)N1. The maximum atomic E-state index is 10.8. The minimum atomic E-state index is -0.149. The third-order valence-corrected chi connectivity index (χ3v) is 4.72. The molecule has 3 atom stereocenters. The summed E-state index contributed by atoms with van der Waals surface area (Å²) in [6.45, 7) is 3.77. The van der Waals surface area contributed by atoms with Gasteiger partial charge in [0.05, 0.1) is 6.10 Å². The summed E-state index contributed by atoms with van der Waals surface area (Å²) in [5, 5.41) is 13.2. The topological polar surface area (TPSA) is 49.3 Å². The fourth-order valence-corrected chi connectivity index (χ4v) is 3.24. The number of piperidine rings is 1. The van der Waals surface area contributed by atoms with Crippen LogP contribution in [0.2, 0.25) is 0 Å². The summed E-state index contributed by atoms with van der Waals surface area (Å²) in [4.78, 5) is 10.8. The van der Waals surface area contributed by atoms with Crippen LogP contribution in [0.1, 0.15) is 90.9 Å². The fraction of sp³-hybridized carbons (Fsp3) is 0.944. The molecule has 0 aromatic carbocycles. The zero-order valence-corrected chi connectivity index (χ0v) is 14.1. The van der Waals surface area contributed by atoms with E-state index in [-0.39, 0.29) is 12.1 Å². The highest BCUT2D eigenvalue weighted by atomic mass is 16.3. The number of ketones is 1. The zero-order valence-electron chi connectivity index (χ0n) is 14.1. The van der Waals surface area contributed by atoms with Crippen LogP contribution in [0, 0.1) is 0 Å². The Kier molecular flexibility index (Phi) is 9.94. The molecule has 1 aliphatic heterocycles. The number of hydrogen-bond acceptors (Lipinski definition) is 3. The van der Waals surface area contributed by atoms with E-state index in [9.17, 15) is 9.90 Å². The van der Waals surface area contributed by atoms with Crippen LogP contribution >= 0.6 is 0 Å². The molecule has 0 amide bonds. The molecular formula is C18H35NO2. The van der Waals surface area contributed by atoms with E-state index in [1.807, 2.05) is 0 Å². The molecule has 1 fully saturated rings. The first-order valence-electron chi connectivity index (χ1n) is 9.03. The lowest BCUT2D eigenvalue weighted by Crippen LogP contribution is -2.48. The molecule has 0 radical (unpaired) electrons. The van der Waals surface area contributed by atoms with Gasteiger partial charge in [-0.1, -0.05) is 44.9 Å². The van der Waals surface area contributed by atoms with E-state index >= 15 is 0 Å². The fourth-order valence-electron chi connectivity index (χ4n) is 3.24. The maximum absolute atomic E-state index is 10.8. The van der Waals surface area contributed by atoms with Crippen molar-refractivity contribution in [3.63, 3.8) is 0 Å². The number of carbonyl (C=O) groups is 1. The van der Waals surface area contributed by atoms with Crippen molar-refractivity contribution in [2.45, 2.75) is 109 Å². The molecule has 2 N–H and O–H groups in total. The summed E-state index contributed by atoms with van der Waals surface area (Å²) in [6, 6.07) is 0.883. The van der Waals surface area contributed by atoms with E-state index < -0.39 is 0 Å². The summed E-state index contributed by atoms with van der Waals surface area (Å²) >= 11 is 0. The number of carbonyl (C=O) groups excluding carboxylic acids is 1. The molecule has 0 saturated carbocycles. The van der Waals surface area contributed by atoms with Gasteiger partial charge in [-0.2, -0.15) is 0 Å². The largest absolute Gasteiger partial charge is 0.392 e. The van der Waals surface area contributed by atoms with Gasteiger partial charge in [0.2, 0.25) is 0 Å². The summed E-state index contributed by atoms with van der Waals surface area (Å²) in [5.41, 5.74) is 0. The second-order valence-corrected chi connectivity index (χ2v) is 6.87. The van der Waals surface area contributed by atoms with Crippen LogP contribution in [0.4, 0.5) is 0 Å². The number of hydrogen-bond donors (Lipinski definition) is 2. The third-order valence-electron chi connectivity index (χ3n) is 4.72. The van der Waals surface area contributed by atoms with Crippen LogP contribution in [-0.2, 0) is 4.79 Å². The lowest BCUT2D eigenvalue weighted by Gasteiger charge is -2.32. The summed E-state index contributed by atoms with van der Waals surface area (Å²) < 4.78 is 0. The van der Waals surface area contributed by atoms with Gasteiger partial charge in [-0.25, -0.2) is 0 Å². The van der Waals surface area contributed by atoms with Crippen molar-refractivity contribution in [3.8, 4) is 0 Å². The number of rotatable bonds is 11. The van der Waals surface area contributed by atoms with Crippen LogP contribution in [0.5, 0.6) is 0 Å². The highest BCUT2D eigenvalue weighted by Crippen LogP contribution is 2.18. The Balaban J connectivity index is 1.83. The molecule has 21 heavy (non-hydrogen) atoms. The van der Waals surface area contributed by atoms with Crippen LogP contribution in [0.15, 0.2) is 0 Å². The van der Waals surface area contributed by atoms with E-state index in [4.69, 9.17) is 0 Å². The molecular weight excluding hydrogens is 262 g/mol. The standard InChI is InChI=1S/C18H35NO2/c1-15(20)11-9-7-5-3-4-6-8-10-12-17-13-14-18(21)16(2)19-17/h16-19,21H,3-14H2,1-2H3/t16-,17+,18-/m0/s1. The van der Waals surface area contributed by atoms with Gasteiger partial charge in [0, 0.05) is 18.5 Å². The number of aliphatic hydroxyl groups is 1. The Hall–Kier alpha value is -0.410. The Labute approximate surface area is 130 Å². The van der Waals surface area contributed by atoms with Crippen LogP contribution in [0.25, 0.3) is 0 Å². The Bertz CT molecular complexity index is 280. The monoisotopic (exact) mass is 297 g/mol. The van der Waals surface area contributed by atoms with Crippen molar-refractivity contribution in [1.29, 1.82) is 0 Å². The maximum Gasteiger partial charge on any atom is 0.129 e. The first kappa shape index (κ1) is 18.6. The molecule has 1 heterocycles. The van der Waals surface area contributed by atoms with Crippen LogP contribution in [-0.4, -0.2) is 29.1 Å². The van der Waals surface area contributed by atoms with Gasteiger partial charge in [0.15, 0.2) is 0 Å². The molecule has 0 aromatic rings. The molecule has 3 heteroatoms. The Morgan fingerprint density at radius 3 is 2.14 bits per heavy atom. The van der Waals surface area contributed by atoms with E-state index in [2.05, 4.69) is 12.2 Å². The van der Waals surface area contributed by atoms with Crippen molar-refractivity contribution >= 4 is 5.78 Å². The van der Waals surface area contributed by atoms with Crippen molar-refractivity contribution < 1.29 is 9.90 Å². The van der Waals surface area contributed by atoms with Crippen molar-refractivity contribution in [2.24, 2.45) is 0 Å². The smallest absolute Gasteiger partial charge is 0.129 e. The van der Waals surface area contributed by atoms with Gasteiger partial charge < -0.3 is 15.2 Å². The van der Waals surface area contributed by atoms with Crippen molar-refractivity contribution in [2.75, 3.05) is 0 Å². The summed E-state index contributed by atoms with van der Waals surface area (Å²) in [6.07, 6.45) is 14.2. The van der Waals surface area contributed by atoms with Crippen LogP contribution in [0.3, 0.4) is 0 Å². The van der Waals surface area contributed by atoms with E-state index in [1.165, 1.54) is 51.4 Å². The highest BCUT2D eigenvalue weighted by Gasteiger charge is 2.24. The average molecular weight is 297 g/mol. The Morgan fingerprint density at radius 1 is 1.00 bits per heavy atom. The zero-order chi connectivity index (χ0) is 15.5. The van der Waals surface area contributed by atoms with E-state index in [0.717, 1.165) is 25.7 Å². The van der Waals surface area contributed by atoms with Crippen LogP contribution < -0.4 is 5.32 Å². The normalized spacial score (nSPS) is 26.0. The first-order chi connectivity index (χ1) is 10.1. The predicted octanol–water partition coefficient (Wildman–Crippen LogP) is 3.98. The van der Waals surface area contributed by atoms with Crippen molar-refractivity contribution in [3.05, 3.63) is 0 Å². The number of aliphatic hydroxyl groups excluding tert-OH is 1. The minimum Gasteiger partial charge on any atom is -0.392 e. The number of nitrogens with one attached hydrogen (secondary N) is 1. The van der Waals surface area contributed by atoms with Gasteiger partial charge in [0.1, 0.15) is 5.78 Å². The van der Waals surface area contributed by atoms with Crippen molar-refractivity contribution in [1.82, 2.24) is 5.32 Å². The molecule has 0 bridgehead atoms. The predicted molar refractivity (Wildman–Crippen MR) is 88.5 cm³/mol. The van der Waals surface area contributed by atoms with Gasteiger partial charge in [-0.3, -0.25) is 0 Å². The number of Topliss-reactive ketones (excluding diaryl/α,β-unsaturated/α-hetero) is 1. The lowest BCUT2D eigenvalue weighted by molar-refractivity contribution is -0.117. The Morgan fingerprint density at radius 2 is 1.57 bits per heavy atom. The van der Waals surface area contributed by atoms with Gasteiger partial charge in [-0.05, 0) is 39.5 Å². The molecule has 124 valence electrons.